The summed E-state index contributed by atoms with van der Waals surface area (Å²) in [5, 5.41) is 3.59. The number of nitrogens with zero attached hydrogens (tertiary/aromatic N) is 1. The van der Waals surface area contributed by atoms with Gasteiger partial charge in [-0.25, -0.2) is 0 Å². The Morgan fingerprint density at radius 3 is 2.11 bits per heavy atom. The summed E-state index contributed by atoms with van der Waals surface area (Å²) in [5.41, 5.74) is 0. The van der Waals surface area contributed by atoms with Crippen molar-refractivity contribution in [2.24, 2.45) is 0 Å². The molecule has 1 N–H and O–H groups in total. The van der Waals surface area contributed by atoms with Crippen molar-refractivity contribution in [2.45, 2.75) is 83.7 Å². The number of rotatable bonds is 8. The van der Waals surface area contributed by atoms with Gasteiger partial charge in [0.1, 0.15) is 0 Å². The standard InChI is InChI=1S/C16H34N2/c1-4-6-13-18(14-7-5-2)16-12-10-8-9-11-15(16)17-3/h15-17H,4-14H2,1-3H3. The van der Waals surface area contributed by atoms with Gasteiger partial charge in [0.2, 0.25) is 0 Å². The van der Waals surface area contributed by atoms with Gasteiger partial charge in [-0.1, -0.05) is 46.0 Å². The summed E-state index contributed by atoms with van der Waals surface area (Å²) >= 11 is 0. The predicted molar refractivity (Wildman–Crippen MR) is 81.1 cm³/mol. The molecule has 108 valence electrons. The molecule has 2 nitrogen and oxygen atoms in total. The smallest absolute Gasteiger partial charge is 0.0249 e. The molecule has 2 atom stereocenters. The Morgan fingerprint density at radius 2 is 1.56 bits per heavy atom. The van der Waals surface area contributed by atoms with E-state index in [0.29, 0.717) is 0 Å². The second kappa shape index (κ2) is 9.80. The normalized spacial score (nSPS) is 25.3. The molecule has 0 bridgehead atoms. The highest BCUT2D eigenvalue weighted by Gasteiger charge is 2.27. The molecule has 0 aromatic carbocycles. The van der Waals surface area contributed by atoms with Crippen molar-refractivity contribution in [1.29, 1.82) is 0 Å². The maximum Gasteiger partial charge on any atom is 0.0249 e. The van der Waals surface area contributed by atoms with E-state index in [-0.39, 0.29) is 0 Å². The molecule has 1 aliphatic carbocycles. The van der Waals surface area contributed by atoms with Crippen LogP contribution in [0.15, 0.2) is 0 Å². The van der Waals surface area contributed by atoms with Crippen LogP contribution < -0.4 is 5.32 Å². The van der Waals surface area contributed by atoms with E-state index in [1.807, 2.05) is 0 Å². The van der Waals surface area contributed by atoms with Crippen LogP contribution in [0.1, 0.15) is 71.6 Å². The Hall–Kier alpha value is -0.0800. The predicted octanol–water partition coefficient (Wildman–Crippen LogP) is 3.81. The van der Waals surface area contributed by atoms with Gasteiger partial charge in [-0.3, -0.25) is 4.90 Å². The van der Waals surface area contributed by atoms with E-state index in [4.69, 9.17) is 0 Å². The van der Waals surface area contributed by atoms with E-state index in [1.165, 1.54) is 70.9 Å². The molecule has 0 heterocycles. The van der Waals surface area contributed by atoms with E-state index in [9.17, 15) is 0 Å². The zero-order chi connectivity index (χ0) is 13.2. The number of hydrogen-bond donors (Lipinski definition) is 1. The van der Waals surface area contributed by atoms with Crippen molar-refractivity contribution in [3.05, 3.63) is 0 Å². The molecule has 0 aromatic rings. The summed E-state index contributed by atoms with van der Waals surface area (Å²) in [7, 11) is 2.15. The van der Waals surface area contributed by atoms with E-state index >= 15 is 0 Å². The van der Waals surface area contributed by atoms with Crippen LogP contribution in [-0.2, 0) is 0 Å². The maximum atomic E-state index is 3.59. The lowest BCUT2D eigenvalue weighted by molar-refractivity contribution is 0.147. The average Bonchev–Trinajstić information content (AvgIpc) is 2.64. The van der Waals surface area contributed by atoms with Crippen LogP contribution in [0, 0.1) is 0 Å². The van der Waals surface area contributed by atoms with Crippen molar-refractivity contribution in [1.82, 2.24) is 10.2 Å². The Bertz CT molecular complexity index is 186. The molecule has 1 fully saturated rings. The summed E-state index contributed by atoms with van der Waals surface area (Å²) in [6.45, 7) is 7.22. The van der Waals surface area contributed by atoms with E-state index in [0.717, 1.165) is 12.1 Å². The Kier molecular flexibility index (Phi) is 8.70. The highest BCUT2D eigenvalue weighted by atomic mass is 15.2. The van der Waals surface area contributed by atoms with Gasteiger partial charge in [-0.05, 0) is 45.8 Å². The van der Waals surface area contributed by atoms with Gasteiger partial charge in [-0.2, -0.15) is 0 Å². The van der Waals surface area contributed by atoms with Crippen LogP contribution in [0.4, 0.5) is 0 Å². The van der Waals surface area contributed by atoms with E-state index < -0.39 is 0 Å². The first-order valence-electron chi connectivity index (χ1n) is 8.24. The Balaban J connectivity index is 2.59. The fraction of sp³-hybridized carbons (Fsp3) is 1.00. The van der Waals surface area contributed by atoms with Gasteiger partial charge >= 0.3 is 0 Å². The zero-order valence-corrected chi connectivity index (χ0v) is 12.9. The van der Waals surface area contributed by atoms with Gasteiger partial charge in [-0.15, -0.1) is 0 Å². The third-order valence-electron chi connectivity index (χ3n) is 4.42. The van der Waals surface area contributed by atoms with Gasteiger partial charge in [0.15, 0.2) is 0 Å². The molecular weight excluding hydrogens is 220 g/mol. The largest absolute Gasteiger partial charge is 0.315 e. The third kappa shape index (κ3) is 5.27. The summed E-state index contributed by atoms with van der Waals surface area (Å²) in [5.74, 6) is 0. The van der Waals surface area contributed by atoms with Crippen molar-refractivity contribution < 1.29 is 0 Å². The fourth-order valence-electron chi connectivity index (χ4n) is 3.23. The Morgan fingerprint density at radius 1 is 0.944 bits per heavy atom. The van der Waals surface area contributed by atoms with Gasteiger partial charge in [0, 0.05) is 12.1 Å². The fourth-order valence-corrected chi connectivity index (χ4v) is 3.23. The molecular formula is C16H34N2. The van der Waals surface area contributed by atoms with Crippen molar-refractivity contribution in [3.8, 4) is 0 Å². The maximum absolute atomic E-state index is 3.59. The summed E-state index contributed by atoms with van der Waals surface area (Å²) < 4.78 is 0. The van der Waals surface area contributed by atoms with Gasteiger partial charge in [0.05, 0.1) is 0 Å². The minimum absolute atomic E-state index is 0.723. The first-order chi connectivity index (χ1) is 8.83. The molecule has 0 aromatic heterocycles. The highest BCUT2D eigenvalue weighted by molar-refractivity contribution is 4.86. The SMILES string of the molecule is CCCCN(CCCC)C1CCCCCC1NC. The summed E-state index contributed by atoms with van der Waals surface area (Å²) in [6, 6.07) is 1.51. The molecule has 0 saturated heterocycles. The number of hydrogen-bond acceptors (Lipinski definition) is 2. The molecule has 0 amide bonds. The summed E-state index contributed by atoms with van der Waals surface area (Å²) in [4.78, 5) is 2.79. The number of unbranched alkanes of at least 4 members (excludes halogenated alkanes) is 2. The van der Waals surface area contributed by atoms with Crippen LogP contribution in [0.2, 0.25) is 0 Å². The quantitative estimate of drug-likeness (QED) is 0.663. The van der Waals surface area contributed by atoms with Crippen LogP contribution >= 0.6 is 0 Å². The second-order valence-electron chi connectivity index (χ2n) is 5.84. The molecule has 2 heteroatoms. The minimum Gasteiger partial charge on any atom is -0.315 e. The highest BCUT2D eigenvalue weighted by Crippen LogP contribution is 2.23. The minimum atomic E-state index is 0.723. The van der Waals surface area contributed by atoms with Crippen LogP contribution in [-0.4, -0.2) is 37.1 Å². The monoisotopic (exact) mass is 254 g/mol. The third-order valence-corrected chi connectivity index (χ3v) is 4.42. The molecule has 0 aliphatic heterocycles. The molecule has 1 rings (SSSR count). The molecule has 1 saturated carbocycles. The first kappa shape index (κ1) is 16.0. The lowest BCUT2D eigenvalue weighted by Crippen LogP contribution is -2.49. The molecule has 2 unspecified atom stereocenters. The first-order valence-corrected chi connectivity index (χ1v) is 8.24. The lowest BCUT2D eigenvalue weighted by Gasteiger charge is -2.36. The molecule has 18 heavy (non-hydrogen) atoms. The average molecular weight is 254 g/mol. The topological polar surface area (TPSA) is 15.3 Å². The van der Waals surface area contributed by atoms with Crippen LogP contribution in [0.25, 0.3) is 0 Å². The Labute approximate surface area is 115 Å². The lowest BCUT2D eigenvalue weighted by atomic mass is 10.0. The molecule has 0 spiro atoms. The number of likely N-dealkylation sites (N-methyl/N-ethyl adjacent to an activating group) is 1. The van der Waals surface area contributed by atoms with E-state index in [1.54, 1.807) is 0 Å². The van der Waals surface area contributed by atoms with Crippen LogP contribution in [0.3, 0.4) is 0 Å². The van der Waals surface area contributed by atoms with Gasteiger partial charge < -0.3 is 5.32 Å². The zero-order valence-electron chi connectivity index (χ0n) is 12.9. The number of nitrogens with one attached hydrogen (secondary N) is 1. The van der Waals surface area contributed by atoms with E-state index in [2.05, 4.69) is 31.1 Å². The molecule has 1 aliphatic rings. The van der Waals surface area contributed by atoms with Crippen LogP contribution in [0.5, 0.6) is 0 Å². The van der Waals surface area contributed by atoms with Crippen molar-refractivity contribution >= 4 is 0 Å². The van der Waals surface area contributed by atoms with Gasteiger partial charge in [0.25, 0.3) is 0 Å². The summed E-state index contributed by atoms with van der Waals surface area (Å²) in [6.07, 6.45) is 12.4. The van der Waals surface area contributed by atoms with Crippen molar-refractivity contribution in [2.75, 3.05) is 20.1 Å². The molecule has 0 radical (unpaired) electrons. The second-order valence-corrected chi connectivity index (χ2v) is 5.84. The van der Waals surface area contributed by atoms with Crippen molar-refractivity contribution in [3.63, 3.8) is 0 Å².